The lowest BCUT2D eigenvalue weighted by Crippen LogP contribution is -2.38. The third kappa shape index (κ3) is 5.21. The Hall–Kier alpha value is -2.63. The van der Waals surface area contributed by atoms with Gasteiger partial charge in [-0.15, -0.1) is 29.1 Å². The minimum Gasteiger partial charge on any atom is -0.494 e. The molecule has 10 heteroatoms. The van der Waals surface area contributed by atoms with Crippen molar-refractivity contribution in [1.82, 2.24) is 25.8 Å². The predicted octanol–water partition coefficient (Wildman–Crippen LogP) is 3.26. The molecule has 0 aliphatic heterocycles. The minimum atomic E-state index is -0.404. The molecule has 1 atom stereocenters. The Balaban J connectivity index is 0.00000280. The van der Waals surface area contributed by atoms with Gasteiger partial charge in [-0.3, -0.25) is 10.1 Å². The molecule has 0 aliphatic rings. The van der Waals surface area contributed by atoms with Crippen LogP contribution in [0.2, 0.25) is 0 Å². The Morgan fingerprint density at radius 3 is 2.86 bits per heavy atom. The van der Waals surface area contributed by atoms with Crippen molar-refractivity contribution in [2.24, 2.45) is 4.99 Å². The van der Waals surface area contributed by atoms with Crippen LogP contribution >= 0.6 is 24.0 Å². The standard InChI is InChI=1S/C18H21FN6O2.HI/c1-11(12-6-7-14(26-3)13(19)9-12)22-18(20-2)21-10-16-23-17(25-24-16)15-5-4-8-27-15;/h4-9,11H,10H2,1-3H3,(H2,20,21,22)(H,23,24,25);1H. The smallest absolute Gasteiger partial charge is 0.216 e. The van der Waals surface area contributed by atoms with E-state index in [9.17, 15) is 4.39 Å². The van der Waals surface area contributed by atoms with Crippen LogP contribution in [0.4, 0.5) is 4.39 Å². The summed E-state index contributed by atoms with van der Waals surface area (Å²) in [5.41, 5.74) is 0.774. The molecule has 2 aromatic heterocycles. The fourth-order valence-electron chi connectivity index (χ4n) is 2.49. The van der Waals surface area contributed by atoms with Crippen molar-refractivity contribution in [2.75, 3.05) is 14.2 Å². The second-order valence-corrected chi connectivity index (χ2v) is 5.77. The van der Waals surface area contributed by atoms with Gasteiger partial charge in [0.2, 0.25) is 5.82 Å². The van der Waals surface area contributed by atoms with E-state index in [0.717, 1.165) is 5.56 Å². The van der Waals surface area contributed by atoms with Gasteiger partial charge in [-0.05, 0) is 36.8 Å². The van der Waals surface area contributed by atoms with Crippen LogP contribution in [0.3, 0.4) is 0 Å². The molecule has 1 aromatic carbocycles. The number of aliphatic imine (C=N–C) groups is 1. The van der Waals surface area contributed by atoms with Crippen molar-refractivity contribution in [1.29, 1.82) is 0 Å². The van der Waals surface area contributed by atoms with E-state index in [1.807, 2.05) is 6.92 Å². The molecular weight excluding hydrogens is 478 g/mol. The van der Waals surface area contributed by atoms with E-state index in [2.05, 4.69) is 30.8 Å². The van der Waals surface area contributed by atoms with E-state index in [1.165, 1.54) is 13.2 Å². The van der Waals surface area contributed by atoms with Crippen LogP contribution in [0.15, 0.2) is 46.0 Å². The third-order valence-corrected chi connectivity index (χ3v) is 3.95. The molecule has 0 fully saturated rings. The fraction of sp³-hybridized carbons (Fsp3) is 0.278. The molecule has 0 amide bonds. The number of methoxy groups -OCH3 is 1. The van der Waals surface area contributed by atoms with Gasteiger partial charge in [-0.1, -0.05) is 6.07 Å². The highest BCUT2D eigenvalue weighted by molar-refractivity contribution is 14.0. The number of nitrogens with zero attached hydrogens (tertiary/aromatic N) is 3. The summed E-state index contributed by atoms with van der Waals surface area (Å²) in [6, 6.07) is 8.25. The van der Waals surface area contributed by atoms with Crippen molar-refractivity contribution in [3.63, 3.8) is 0 Å². The number of nitrogens with one attached hydrogen (secondary N) is 3. The lowest BCUT2D eigenvalue weighted by atomic mass is 10.1. The molecule has 0 radical (unpaired) electrons. The lowest BCUT2D eigenvalue weighted by molar-refractivity contribution is 0.386. The topological polar surface area (TPSA) is 100 Å². The molecule has 0 aliphatic carbocycles. The summed E-state index contributed by atoms with van der Waals surface area (Å²) in [7, 11) is 3.09. The van der Waals surface area contributed by atoms with E-state index in [-0.39, 0.29) is 35.8 Å². The number of aromatic nitrogens is 3. The van der Waals surface area contributed by atoms with Crippen LogP contribution in [-0.4, -0.2) is 35.3 Å². The van der Waals surface area contributed by atoms with Gasteiger partial charge in [0.15, 0.2) is 23.3 Å². The number of halogens is 2. The molecule has 1 unspecified atom stereocenters. The summed E-state index contributed by atoms with van der Waals surface area (Å²) in [6.45, 7) is 2.30. The summed E-state index contributed by atoms with van der Waals surface area (Å²) < 4.78 is 24.1. The Morgan fingerprint density at radius 2 is 2.21 bits per heavy atom. The van der Waals surface area contributed by atoms with E-state index < -0.39 is 5.82 Å². The van der Waals surface area contributed by atoms with Crippen LogP contribution < -0.4 is 15.4 Å². The van der Waals surface area contributed by atoms with Crippen LogP contribution in [-0.2, 0) is 6.54 Å². The van der Waals surface area contributed by atoms with E-state index >= 15 is 0 Å². The second kappa shape index (κ2) is 10.1. The SMILES string of the molecule is CN=C(NCc1nc(-c2ccco2)n[nH]1)NC(C)c1ccc(OC)c(F)c1.I. The van der Waals surface area contributed by atoms with Gasteiger partial charge >= 0.3 is 0 Å². The molecule has 0 saturated carbocycles. The predicted molar refractivity (Wildman–Crippen MR) is 114 cm³/mol. The van der Waals surface area contributed by atoms with E-state index in [0.29, 0.717) is 29.9 Å². The van der Waals surface area contributed by atoms with Crippen molar-refractivity contribution >= 4 is 29.9 Å². The Labute approximate surface area is 179 Å². The maximum Gasteiger partial charge on any atom is 0.216 e. The van der Waals surface area contributed by atoms with E-state index in [4.69, 9.17) is 9.15 Å². The highest BCUT2D eigenvalue weighted by atomic mass is 127. The number of rotatable bonds is 6. The second-order valence-electron chi connectivity index (χ2n) is 5.77. The molecule has 28 heavy (non-hydrogen) atoms. The number of guanidine groups is 1. The molecule has 150 valence electrons. The summed E-state index contributed by atoms with van der Waals surface area (Å²) in [6.07, 6.45) is 1.57. The Kier molecular flexibility index (Phi) is 7.79. The first-order valence-corrected chi connectivity index (χ1v) is 8.36. The zero-order valence-corrected chi connectivity index (χ0v) is 18.0. The number of furan rings is 1. The summed E-state index contributed by atoms with van der Waals surface area (Å²) in [5, 5.41) is 13.3. The van der Waals surface area contributed by atoms with Gasteiger partial charge in [0.1, 0.15) is 5.82 Å². The molecule has 0 saturated heterocycles. The highest BCUT2D eigenvalue weighted by Crippen LogP contribution is 2.21. The first kappa shape index (κ1) is 21.7. The van der Waals surface area contributed by atoms with Crippen molar-refractivity contribution in [3.8, 4) is 17.3 Å². The number of H-pyrrole nitrogens is 1. The van der Waals surface area contributed by atoms with Crippen LogP contribution in [0, 0.1) is 5.82 Å². The number of ether oxygens (including phenoxy) is 1. The normalized spacial score (nSPS) is 12.2. The zero-order valence-electron chi connectivity index (χ0n) is 15.7. The average molecular weight is 500 g/mol. The number of benzene rings is 1. The average Bonchev–Trinajstić information content (AvgIpc) is 3.36. The Morgan fingerprint density at radius 1 is 1.39 bits per heavy atom. The minimum absolute atomic E-state index is 0. The van der Waals surface area contributed by atoms with E-state index in [1.54, 1.807) is 37.6 Å². The third-order valence-electron chi connectivity index (χ3n) is 3.95. The maximum absolute atomic E-state index is 13.9. The maximum atomic E-state index is 13.9. The Bertz CT molecular complexity index is 913. The van der Waals surface area contributed by atoms with Gasteiger partial charge in [-0.25, -0.2) is 9.37 Å². The zero-order chi connectivity index (χ0) is 19.2. The van der Waals surface area contributed by atoms with Crippen LogP contribution in [0.5, 0.6) is 5.75 Å². The van der Waals surface area contributed by atoms with Crippen molar-refractivity contribution in [3.05, 3.63) is 53.8 Å². The molecule has 0 bridgehead atoms. The molecule has 3 N–H and O–H groups in total. The van der Waals surface area contributed by atoms with Crippen molar-refractivity contribution < 1.29 is 13.5 Å². The van der Waals surface area contributed by atoms with Gasteiger partial charge in [0.25, 0.3) is 0 Å². The van der Waals surface area contributed by atoms with Crippen LogP contribution in [0.25, 0.3) is 11.6 Å². The molecular formula is C18H22FIN6O2. The lowest BCUT2D eigenvalue weighted by Gasteiger charge is -2.18. The molecule has 3 aromatic rings. The van der Waals surface area contributed by atoms with Crippen LogP contribution in [0.1, 0.15) is 24.4 Å². The summed E-state index contributed by atoms with van der Waals surface area (Å²) in [5.74, 6) is 2.07. The summed E-state index contributed by atoms with van der Waals surface area (Å²) in [4.78, 5) is 8.53. The van der Waals surface area contributed by atoms with Gasteiger partial charge in [-0.2, -0.15) is 0 Å². The fourth-order valence-corrected chi connectivity index (χ4v) is 2.49. The van der Waals surface area contributed by atoms with Gasteiger partial charge in [0, 0.05) is 7.05 Å². The molecule has 3 rings (SSSR count). The number of hydrogen-bond acceptors (Lipinski definition) is 5. The highest BCUT2D eigenvalue weighted by Gasteiger charge is 2.12. The molecule has 2 heterocycles. The quantitative estimate of drug-likeness (QED) is 0.273. The largest absolute Gasteiger partial charge is 0.494 e. The first-order chi connectivity index (χ1) is 13.1. The molecule has 8 nitrogen and oxygen atoms in total. The number of hydrogen-bond donors (Lipinski definition) is 3. The number of aromatic amines is 1. The monoisotopic (exact) mass is 500 g/mol. The van der Waals surface area contributed by atoms with Crippen molar-refractivity contribution in [2.45, 2.75) is 19.5 Å². The van der Waals surface area contributed by atoms with Gasteiger partial charge < -0.3 is 19.8 Å². The first-order valence-electron chi connectivity index (χ1n) is 8.36. The molecule has 0 spiro atoms. The van der Waals surface area contributed by atoms with Gasteiger partial charge in [0.05, 0.1) is 26.0 Å². The summed E-state index contributed by atoms with van der Waals surface area (Å²) >= 11 is 0.